The van der Waals surface area contributed by atoms with Gasteiger partial charge in [-0.25, -0.2) is 0 Å². The molecule has 142 valence electrons. The van der Waals surface area contributed by atoms with Crippen molar-refractivity contribution in [2.75, 3.05) is 58.3 Å². The number of likely N-dealkylation sites (N-methyl/N-ethyl adjacent to an activating group) is 1. The van der Waals surface area contributed by atoms with Crippen LogP contribution >= 0.6 is 0 Å². The minimum absolute atomic E-state index is 0.177. The van der Waals surface area contributed by atoms with Gasteiger partial charge in [0.1, 0.15) is 0 Å². The average molecular weight is 358 g/mol. The fourth-order valence-electron chi connectivity index (χ4n) is 3.83. The van der Waals surface area contributed by atoms with E-state index in [1.807, 2.05) is 0 Å². The maximum Gasteiger partial charge on any atom is 0.312 e. The third-order valence-corrected chi connectivity index (χ3v) is 5.67. The highest BCUT2D eigenvalue weighted by atomic mass is 16.2. The van der Waals surface area contributed by atoms with Crippen LogP contribution in [0.3, 0.4) is 0 Å². The van der Waals surface area contributed by atoms with Gasteiger partial charge in [0.25, 0.3) is 0 Å². The zero-order chi connectivity index (χ0) is 18.7. The minimum atomic E-state index is -0.358. The summed E-state index contributed by atoms with van der Waals surface area (Å²) in [6.45, 7) is 6.76. The van der Waals surface area contributed by atoms with Crippen LogP contribution in [0.2, 0.25) is 0 Å². The lowest BCUT2D eigenvalue weighted by molar-refractivity contribution is -0.152. The third kappa shape index (κ3) is 4.18. The monoisotopic (exact) mass is 358 g/mol. The summed E-state index contributed by atoms with van der Waals surface area (Å²) in [5.41, 5.74) is 2.42. The van der Waals surface area contributed by atoms with Crippen molar-refractivity contribution < 1.29 is 9.59 Å². The molecule has 0 saturated carbocycles. The highest BCUT2D eigenvalue weighted by Gasteiger charge is 2.32. The van der Waals surface area contributed by atoms with Crippen LogP contribution in [0.4, 0.5) is 5.69 Å². The molecule has 26 heavy (non-hydrogen) atoms. The van der Waals surface area contributed by atoms with Gasteiger partial charge in [-0.05, 0) is 57.6 Å². The van der Waals surface area contributed by atoms with Crippen molar-refractivity contribution in [2.24, 2.45) is 0 Å². The Labute approximate surface area is 156 Å². The number of amides is 2. The molecule has 2 fully saturated rings. The van der Waals surface area contributed by atoms with E-state index >= 15 is 0 Å². The Bertz CT molecular complexity index is 647. The van der Waals surface area contributed by atoms with Crippen LogP contribution in [-0.2, 0) is 9.59 Å². The molecule has 0 bridgehead atoms. The lowest BCUT2D eigenvalue weighted by Crippen LogP contribution is -2.55. The van der Waals surface area contributed by atoms with Gasteiger partial charge in [0, 0.05) is 45.0 Å². The summed E-state index contributed by atoms with van der Waals surface area (Å²) in [5, 5.41) is 0. The molecular weight excluding hydrogens is 328 g/mol. The molecule has 2 heterocycles. The molecule has 0 aromatic heterocycles. The lowest BCUT2D eigenvalue weighted by Gasteiger charge is -2.38. The topological polar surface area (TPSA) is 47.1 Å². The Morgan fingerprint density at radius 1 is 1.04 bits per heavy atom. The Kier molecular flexibility index (Phi) is 5.81. The van der Waals surface area contributed by atoms with Gasteiger partial charge in [0.2, 0.25) is 0 Å². The van der Waals surface area contributed by atoms with Crippen LogP contribution in [0.5, 0.6) is 0 Å². The van der Waals surface area contributed by atoms with E-state index in [0.29, 0.717) is 13.1 Å². The van der Waals surface area contributed by atoms with Crippen LogP contribution in [0.1, 0.15) is 18.4 Å². The van der Waals surface area contributed by atoms with E-state index in [1.165, 1.54) is 11.3 Å². The van der Waals surface area contributed by atoms with E-state index in [-0.39, 0.29) is 17.9 Å². The van der Waals surface area contributed by atoms with Gasteiger partial charge in [-0.2, -0.15) is 0 Å². The SMILES string of the molecule is Cc1cccc(N2CCN(C(=O)C(=O)N(C)C3CCN(C)CC3)CC2)c1. The van der Waals surface area contributed by atoms with Crippen molar-refractivity contribution in [2.45, 2.75) is 25.8 Å². The number of anilines is 1. The first-order valence-electron chi connectivity index (χ1n) is 9.52. The molecule has 2 aliphatic heterocycles. The Balaban J connectivity index is 1.53. The van der Waals surface area contributed by atoms with Gasteiger partial charge in [-0.3, -0.25) is 9.59 Å². The zero-order valence-electron chi connectivity index (χ0n) is 16.1. The number of likely N-dealkylation sites (tertiary alicyclic amines) is 1. The Morgan fingerprint density at radius 2 is 1.69 bits per heavy atom. The predicted molar refractivity (Wildman–Crippen MR) is 103 cm³/mol. The molecule has 0 radical (unpaired) electrons. The quantitative estimate of drug-likeness (QED) is 0.746. The lowest BCUT2D eigenvalue weighted by atomic mass is 10.0. The fraction of sp³-hybridized carbons (Fsp3) is 0.600. The molecule has 0 aliphatic carbocycles. The average Bonchev–Trinajstić information content (AvgIpc) is 2.67. The van der Waals surface area contributed by atoms with Gasteiger partial charge in [-0.15, -0.1) is 0 Å². The first kappa shape index (κ1) is 18.7. The number of carbonyl (C=O) groups excluding carboxylic acids is 2. The summed E-state index contributed by atoms with van der Waals surface area (Å²) >= 11 is 0. The number of hydrogen-bond acceptors (Lipinski definition) is 4. The van der Waals surface area contributed by atoms with Crippen LogP contribution in [0, 0.1) is 6.92 Å². The number of carbonyl (C=O) groups is 2. The molecule has 0 spiro atoms. The zero-order valence-corrected chi connectivity index (χ0v) is 16.1. The molecule has 0 unspecified atom stereocenters. The molecule has 6 heteroatoms. The number of hydrogen-bond donors (Lipinski definition) is 0. The molecular formula is C20H30N4O2. The van der Waals surface area contributed by atoms with Crippen LogP contribution < -0.4 is 4.90 Å². The number of benzene rings is 1. The van der Waals surface area contributed by atoms with Crippen molar-refractivity contribution in [1.82, 2.24) is 14.7 Å². The number of piperidine rings is 1. The molecule has 1 aromatic rings. The van der Waals surface area contributed by atoms with Crippen molar-refractivity contribution in [3.8, 4) is 0 Å². The van der Waals surface area contributed by atoms with Crippen LogP contribution in [0.25, 0.3) is 0 Å². The predicted octanol–water partition coefficient (Wildman–Crippen LogP) is 1.20. The minimum Gasteiger partial charge on any atom is -0.368 e. The molecule has 0 N–H and O–H groups in total. The van der Waals surface area contributed by atoms with Crippen LogP contribution in [0.15, 0.2) is 24.3 Å². The first-order valence-corrected chi connectivity index (χ1v) is 9.52. The maximum absolute atomic E-state index is 12.6. The smallest absolute Gasteiger partial charge is 0.312 e. The molecule has 2 aliphatic rings. The van der Waals surface area contributed by atoms with E-state index in [4.69, 9.17) is 0 Å². The summed E-state index contributed by atoms with van der Waals surface area (Å²) in [5.74, 6) is -0.709. The third-order valence-electron chi connectivity index (χ3n) is 5.67. The number of rotatable bonds is 2. The van der Waals surface area contributed by atoms with E-state index in [9.17, 15) is 9.59 Å². The standard InChI is InChI=1S/C20H30N4O2/c1-16-5-4-6-18(15-16)23-11-13-24(14-12-23)20(26)19(25)22(3)17-7-9-21(2)10-8-17/h4-6,15,17H,7-14H2,1-3H3. The summed E-state index contributed by atoms with van der Waals surface area (Å²) in [6.07, 6.45) is 1.88. The van der Waals surface area contributed by atoms with Crippen molar-refractivity contribution >= 4 is 17.5 Å². The number of aryl methyl sites for hydroxylation is 1. The van der Waals surface area contributed by atoms with Crippen molar-refractivity contribution in [1.29, 1.82) is 0 Å². The summed E-state index contributed by atoms with van der Waals surface area (Å²) in [6, 6.07) is 8.58. The fourth-order valence-corrected chi connectivity index (χ4v) is 3.83. The Morgan fingerprint density at radius 3 is 2.31 bits per heavy atom. The molecule has 6 nitrogen and oxygen atoms in total. The van der Waals surface area contributed by atoms with E-state index in [2.05, 4.69) is 48.0 Å². The summed E-state index contributed by atoms with van der Waals surface area (Å²) in [4.78, 5) is 33.2. The second-order valence-corrected chi connectivity index (χ2v) is 7.57. The molecule has 1 aromatic carbocycles. The molecule has 2 saturated heterocycles. The van der Waals surface area contributed by atoms with Crippen LogP contribution in [-0.4, -0.2) is 85.9 Å². The van der Waals surface area contributed by atoms with E-state index < -0.39 is 0 Å². The molecule has 0 atom stereocenters. The van der Waals surface area contributed by atoms with Gasteiger partial charge in [0.15, 0.2) is 0 Å². The maximum atomic E-state index is 12.6. The first-order chi connectivity index (χ1) is 12.5. The van der Waals surface area contributed by atoms with Crippen molar-refractivity contribution in [3.05, 3.63) is 29.8 Å². The van der Waals surface area contributed by atoms with Gasteiger partial charge >= 0.3 is 11.8 Å². The van der Waals surface area contributed by atoms with Gasteiger partial charge < -0.3 is 19.6 Å². The van der Waals surface area contributed by atoms with E-state index in [0.717, 1.165) is 39.0 Å². The molecule has 2 amide bonds. The van der Waals surface area contributed by atoms with Gasteiger partial charge in [-0.1, -0.05) is 12.1 Å². The summed E-state index contributed by atoms with van der Waals surface area (Å²) < 4.78 is 0. The number of nitrogens with zero attached hydrogens (tertiary/aromatic N) is 4. The van der Waals surface area contributed by atoms with Gasteiger partial charge in [0.05, 0.1) is 0 Å². The van der Waals surface area contributed by atoms with E-state index in [1.54, 1.807) is 16.8 Å². The highest BCUT2D eigenvalue weighted by molar-refractivity contribution is 6.34. The van der Waals surface area contributed by atoms with Crippen molar-refractivity contribution in [3.63, 3.8) is 0 Å². The molecule has 3 rings (SSSR count). The summed E-state index contributed by atoms with van der Waals surface area (Å²) in [7, 11) is 3.87. The Hall–Kier alpha value is -2.08. The second kappa shape index (κ2) is 8.08. The highest BCUT2D eigenvalue weighted by Crippen LogP contribution is 2.19. The second-order valence-electron chi connectivity index (χ2n) is 7.57. The number of piperazine rings is 1. The normalized spacial score (nSPS) is 19.5. The largest absolute Gasteiger partial charge is 0.368 e.